The van der Waals surface area contributed by atoms with Gasteiger partial charge in [0.2, 0.25) is 0 Å². The van der Waals surface area contributed by atoms with Crippen molar-refractivity contribution in [1.29, 1.82) is 0 Å². The maximum absolute atomic E-state index is 12.9. The van der Waals surface area contributed by atoms with Crippen molar-refractivity contribution in [1.82, 2.24) is 5.32 Å². The summed E-state index contributed by atoms with van der Waals surface area (Å²) in [6.07, 6.45) is -0.135. The van der Waals surface area contributed by atoms with E-state index in [9.17, 15) is 4.79 Å². The third-order valence-corrected chi connectivity index (χ3v) is 16.7. The highest BCUT2D eigenvalue weighted by atomic mass is 79.9. The third kappa shape index (κ3) is 10.7. The number of halogens is 1. The number of nitrogens with one attached hydrogen (secondary N) is 1. The second-order valence-corrected chi connectivity index (χ2v) is 24.1. The molecule has 0 bridgehead atoms. The number of carbonyl (C=O) groups excluding carboxylic acids is 1. The smallest absolute Gasteiger partial charge is 0.407 e. The van der Waals surface area contributed by atoms with E-state index in [4.69, 9.17) is 13.6 Å². The molecule has 0 saturated heterocycles. The van der Waals surface area contributed by atoms with Crippen LogP contribution < -0.4 is 5.32 Å². The molecule has 5 nitrogen and oxygen atoms in total. The summed E-state index contributed by atoms with van der Waals surface area (Å²) in [6.45, 7) is 28.5. The van der Waals surface area contributed by atoms with Crippen molar-refractivity contribution in [3.63, 3.8) is 0 Å². The van der Waals surface area contributed by atoms with Gasteiger partial charge in [-0.15, -0.1) is 0 Å². The number of rotatable bonds is 9. The summed E-state index contributed by atoms with van der Waals surface area (Å²) in [6, 6.07) is 7.87. The first kappa shape index (κ1) is 32.4. The lowest BCUT2D eigenvalue weighted by Crippen LogP contribution is -2.56. The minimum Gasteiger partial charge on any atom is -0.444 e. The van der Waals surface area contributed by atoms with Crippen LogP contribution >= 0.6 is 15.9 Å². The zero-order chi connectivity index (χ0) is 27.5. The largest absolute Gasteiger partial charge is 0.444 e. The van der Waals surface area contributed by atoms with Gasteiger partial charge in [-0.05, 0) is 81.2 Å². The Morgan fingerprint density at radius 2 is 1.49 bits per heavy atom. The molecule has 0 aliphatic carbocycles. The Kier molecular flexibility index (Phi) is 10.9. The predicted molar refractivity (Wildman–Crippen MR) is 156 cm³/mol. The number of benzene rings is 1. The predicted octanol–water partition coefficient (Wildman–Crippen LogP) is 8.30. The van der Waals surface area contributed by atoms with Crippen LogP contribution in [0.1, 0.15) is 67.9 Å². The van der Waals surface area contributed by atoms with Crippen molar-refractivity contribution in [3.8, 4) is 0 Å². The van der Waals surface area contributed by atoms with Gasteiger partial charge in [0, 0.05) is 4.47 Å². The van der Waals surface area contributed by atoms with Crippen molar-refractivity contribution < 1.29 is 18.4 Å². The highest BCUT2D eigenvalue weighted by molar-refractivity contribution is 9.10. The van der Waals surface area contributed by atoms with Gasteiger partial charge in [-0.25, -0.2) is 4.79 Å². The van der Waals surface area contributed by atoms with Crippen LogP contribution in [0.5, 0.6) is 0 Å². The first-order valence-corrected chi connectivity index (χ1v) is 19.2. The molecule has 0 unspecified atom stereocenters. The van der Waals surface area contributed by atoms with E-state index in [1.807, 2.05) is 32.9 Å². The Bertz CT molecular complexity index is 839. The Labute approximate surface area is 225 Å². The molecule has 35 heavy (non-hydrogen) atoms. The number of carbonyl (C=O) groups is 1. The van der Waals surface area contributed by atoms with Crippen LogP contribution in [-0.2, 0) is 20.0 Å². The fourth-order valence-corrected chi connectivity index (χ4v) is 5.75. The Morgan fingerprint density at radius 3 is 1.94 bits per heavy atom. The molecule has 2 atom stereocenters. The van der Waals surface area contributed by atoms with Gasteiger partial charge >= 0.3 is 6.09 Å². The van der Waals surface area contributed by atoms with Crippen LogP contribution in [0.2, 0.25) is 36.3 Å². The topological polar surface area (TPSA) is 56.8 Å². The van der Waals surface area contributed by atoms with E-state index in [0.717, 1.165) is 10.0 Å². The van der Waals surface area contributed by atoms with Crippen LogP contribution in [0.3, 0.4) is 0 Å². The molecule has 0 radical (unpaired) electrons. The van der Waals surface area contributed by atoms with Crippen LogP contribution in [-0.4, -0.2) is 47.1 Å². The molecule has 0 aromatic heterocycles. The molecule has 1 amide bonds. The Morgan fingerprint density at radius 1 is 0.943 bits per heavy atom. The lowest BCUT2D eigenvalue weighted by atomic mass is 10.0. The zero-order valence-electron chi connectivity index (χ0n) is 24.4. The molecule has 1 rings (SSSR count). The van der Waals surface area contributed by atoms with E-state index in [2.05, 4.69) is 101 Å². The van der Waals surface area contributed by atoms with E-state index in [-0.39, 0.29) is 22.2 Å². The van der Waals surface area contributed by atoms with Crippen LogP contribution in [0.4, 0.5) is 4.79 Å². The Hall–Kier alpha value is -0.676. The van der Waals surface area contributed by atoms with E-state index in [0.29, 0.717) is 13.0 Å². The average Bonchev–Trinajstić information content (AvgIpc) is 2.61. The maximum Gasteiger partial charge on any atom is 0.407 e. The summed E-state index contributed by atoms with van der Waals surface area (Å²) in [5.74, 6) is 0. The van der Waals surface area contributed by atoms with Crippen molar-refractivity contribution in [2.45, 2.75) is 123 Å². The molecule has 0 saturated carbocycles. The summed E-state index contributed by atoms with van der Waals surface area (Å²) in [5.41, 5.74) is 0.522. The number of hydrogen-bond acceptors (Lipinski definition) is 4. The highest BCUT2D eigenvalue weighted by Crippen LogP contribution is 2.39. The van der Waals surface area contributed by atoms with Crippen molar-refractivity contribution in [3.05, 3.63) is 34.3 Å². The minimum absolute atomic E-state index is 0.0223. The van der Waals surface area contributed by atoms with Gasteiger partial charge in [0.1, 0.15) is 5.60 Å². The van der Waals surface area contributed by atoms with Gasteiger partial charge in [0.15, 0.2) is 16.6 Å². The van der Waals surface area contributed by atoms with Crippen molar-refractivity contribution in [2.75, 3.05) is 6.61 Å². The minimum atomic E-state index is -2.16. The van der Waals surface area contributed by atoms with Gasteiger partial charge < -0.3 is 18.9 Å². The van der Waals surface area contributed by atoms with E-state index < -0.39 is 28.3 Å². The molecular formula is C27H50BrNO4Si2. The first-order chi connectivity index (χ1) is 15.5. The second-order valence-electron chi connectivity index (χ2n) is 13.6. The molecule has 0 aliphatic heterocycles. The van der Waals surface area contributed by atoms with Crippen LogP contribution in [0.25, 0.3) is 0 Å². The SMILES string of the molecule is CC(C)(C)OC(=O)N[C@@H](Cc1cccc(Br)c1)[C@@H](CO[Si](C)(C)C(C)(C)C)O[Si](C)(C)C(C)(C)C. The average molecular weight is 589 g/mol. The van der Waals surface area contributed by atoms with Gasteiger partial charge in [0.05, 0.1) is 18.8 Å². The Balaban J connectivity index is 3.40. The third-order valence-electron chi connectivity index (χ3n) is 7.16. The van der Waals surface area contributed by atoms with E-state index in [1.54, 1.807) is 0 Å². The molecule has 1 aromatic rings. The first-order valence-electron chi connectivity index (χ1n) is 12.6. The number of amides is 1. The molecule has 8 heteroatoms. The normalized spacial score (nSPS) is 15.5. The van der Waals surface area contributed by atoms with Crippen molar-refractivity contribution >= 4 is 38.7 Å². The maximum atomic E-state index is 12.9. The number of hydrogen-bond donors (Lipinski definition) is 1. The highest BCUT2D eigenvalue weighted by Gasteiger charge is 2.43. The zero-order valence-corrected chi connectivity index (χ0v) is 28.0. The second kappa shape index (κ2) is 11.8. The fraction of sp³-hybridized carbons (Fsp3) is 0.741. The van der Waals surface area contributed by atoms with Gasteiger partial charge in [0.25, 0.3) is 0 Å². The standard InChI is InChI=1S/C27H50BrNO4Si2/c1-25(2,3)32-24(30)29-22(18-20-15-14-16-21(28)17-20)23(33-35(12,13)27(7,8)9)19-31-34(10,11)26(4,5)6/h14-17,22-23H,18-19H2,1-13H3,(H,29,30)/t22-,23+/m0/s1. The van der Waals surface area contributed by atoms with Gasteiger partial charge in [-0.3, -0.25) is 0 Å². The molecule has 202 valence electrons. The number of ether oxygens (including phenoxy) is 1. The quantitative estimate of drug-likeness (QED) is 0.295. The molecular weight excluding hydrogens is 538 g/mol. The summed E-state index contributed by atoms with van der Waals surface area (Å²) >= 11 is 3.58. The summed E-state index contributed by atoms with van der Waals surface area (Å²) in [7, 11) is -4.19. The van der Waals surface area contributed by atoms with Gasteiger partial charge in [-0.2, -0.15) is 0 Å². The van der Waals surface area contributed by atoms with Gasteiger partial charge in [-0.1, -0.05) is 69.6 Å². The van der Waals surface area contributed by atoms with Crippen LogP contribution in [0.15, 0.2) is 28.7 Å². The molecule has 0 fully saturated rings. The van der Waals surface area contributed by atoms with E-state index >= 15 is 0 Å². The lowest BCUT2D eigenvalue weighted by molar-refractivity contribution is 0.0362. The number of alkyl carbamates (subject to hydrolysis) is 1. The molecule has 1 N–H and O–H groups in total. The van der Waals surface area contributed by atoms with Crippen LogP contribution in [0, 0.1) is 0 Å². The van der Waals surface area contributed by atoms with E-state index in [1.165, 1.54) is 0 Å². The fourth-order valence-electron chi connectivity index (χ4n) is 2.95. The molecule has 0 heterocycles. The molecule has 0 aliphatic rings. The summed E-state index contributed by atoms with van der Waals surface area (Å²) in [5, 5.41) is 3.25. The monoisotopic (exact) mass is 587 g/mol. The summed E-state index contributed by atoms with van der Waals surface area (Å²) in [4.78, 5) is 12.9. The molecule has 1 aromatic carbocycles. The lowest BCUT2D eigenvalue weighted by Gasteiger charge is -2.43. The summed E-state index contributed by atoms with van der Waals surface area (Å²) < 4.78 is 20.3. The molecule has 0 spiro atoms. The van der Waals surface area contributed by atoms with Crippen molar-refractivity contribution in [2.24, 2.45) is 0 Å².